The lowest BCUT2D eigenvalue weighted by Crippen LogP contribution is -2.10. The predicted molar refractivity (Wildman–Crippen MR) is 123 cm³/mol. The van der Waals surface area contributed by atoms with E-state index in [1.54, 1.807) is 0 Å². The van der Waals surface area contributed by atoms with Gasteiger partial charge >= 0.3 is 0 Å². The second kappa shape index (κ2) is 10.2. The number of aryl methyl sites for hydroxylation is 1. The number of thiophene rings is 1. The molecule has 0 aliphatic heterocycles. The number of carbonyl (C=O) groups is 1. The monoisotopic (exact) mass is 421 g/mol. The minimum absolute atomic E-state index is 0.00949. The number of nitrogens with zero attached hydrogens (tertiary/aromatic N) is 1. The molecule has 0 unspecified atom stereocenters. The van der Waals surface area contributed by atoms with Crippen molar-refractivity contribution >= 4 is 22.8 Å². The average Bonchev–Trinajstić information content (AvgIpc) is 3.19. The quantitative estimate of drug-likeness (QED) is 0.229. The number of ether oxygens (including phenoxy) is 1. The molecule has 0 saturated heterocycles. The third-order valence-electron chi connectivity index (χ3n) is 4.74. The second-order valence-corrected chi connectivity index (χ2v) is 8.78. The number of Topliss-reactive ketones (excluding diaryl/α,β-unsaturated/α-hetero) is 1. The molecule has 0 fully saturated rings. The molecule has 1 heterocycles. The van der Waals surface area contributed by atoms with Crippen molar-refractivity contribution in [3.8, 4) is 5.75 Å². The zero-order valence-corrected chi connectivity index (χ0v) is 18.7. The van der Waals surface area contributed by atoms with Crippen LogP contribution in [0.1, 0.15) is 57.9 Å². The fourth-order valence-electron chi connectivity index (χ4n) is 2.85. The first kappa shape index (κ1) is 21.8. The molecule has 0 N–H and O–H groups in total. The molecule has 3 rings (SSSR count). The van der Waals surface area contributed by atoms with Gasteiger partial charge in [-0.05, 0) is 72.9 Å². The normalized spacial score (nSPS) is 11.6. The molecule has 0 atom stereocenters. The van der Waals surface area contributed by atoms with Gasteiger partial charge in [-0.15, -0.1) is 11.3 Å². The molecule has 0 aliphatic carbocycles. The molecule has 0 spiro atoms. The van der Waals surface area contributed by atoms with Crippen LogP contribution in [0.2, 0.25) is 0 Å². The summed E-state index contributed by atoms with van der Waals surface area (Å²) in [5.41, 5.74) is 4.13. The molecule has 0 radical (unpaired) electrons. The van der Waals surface area contributed by atoms with Crippen molar-refractivity contribution in [1.29, 1.82) is 0 Å². The Bertz CT molecular complexity index is 1000. The lowest BCUT2D eigenvalue weighted by atomic mass is 10.0. The van der Waals surface area contributed by atoms with Crippen LogP contribution in [-0.4, -0.2) is 18.1 Å². The highest BCUT2D eigenvalue weighted by molar-refractivity contribution is 7.14. The summed E-state index contributed by atoms with van der Waals surface area (Å²) in [7, 11) is 0. The van der Waals surface area contributed by atoms with Crippen LogP contribution >= 0.6 is 11.3 Å². The molecule has 0 bridgehead atoms. The van der Waals surface area contributed by atoms with E-state index in [0.717, 1.165) is 26.6 Å². The maximum atomic E-state index is 12.1. The number of ketones is 1. The van der Waals surface area contributed by atoms with E-state index in [-0.39, 0.29) is 12.4 Å². The van der Waals surface area contributed by atoms with E-state index in [4.69, 9.17) is 9.57 Å². The molecule has 5 heteroatoms. The number of hydrogen-bond acceptors (Lipinski definition) is 5. The van der Waals surface area contributed by atoms with Crippen molar-refractivity contribution in [2.45, 2.75) is 40.2 Å². The topological polar surface area (TPSA) is 47.9 Å². The van der Waals surface area contributed by atoms with Gasteiger partial charge in [-0.2, -0.15) is 0 Å². The van der Waals surface area contributed by atoms with E-state index in [1.807, 2.05) is 50.2 Å². The fourth-order valence-corrected chi connectivity index (χ4v) is 3.64. The van der Waals surface area contributed by atoms with Crippen molar-refractivity contribution in [2.75, 3.05) is 6.61 Å². The van der Waals surface area contributed by atoms with Gasteiger partial charge < -0.3 is 9.57 Å². The van der Waals surface area contributed by atoms with Crippen molar-refractivity contribution in [3.63, 3.8) is 0 Å². The number of benzene rings is 2. The van der Waals surface area contributed by atoms with E-state index in [0.29, 0.717) is 18.3 Å². The van der Waals surface area contributed by atoms with Gasteiger partial charge in [-0.25, -0.2) is 0 Å². The van der Waals surface area contributed by atoms with Gasteiger partial charge in [0.2, 0.25) is 5.78 Å². The molecule has 3 aromatic rings. The lowest BCUT2D eigenvalue weighted by molar-refractivity contribution is 0.0925. The van der Waals surface area contributed by atoms with E-state index >= 15 is 0 Å². The van der Waals surface area contributed by atoms with Crippen LogP contribution in [0, 0.1) is 6.92 Å². The SMILES string of the molecule is CC(=NOCc1ccc(C(C)C)cc1)c1ccc(OCC(=O)c2ccc(C)s2)cc1. The highest BCUT2D eigenvalue weighted by atomic mass is 32.1. The molecule has 4 nitrogen and oxygen atoms in total. The summed E-state index contributed by atoms with van der Waals surface area (Å²) in [4.78, 5) is 19.5. The Morgan fingerprint density at radius 2 is 1.70 bits per heavy atom. The zero-order valence-electron chi connectivity index (χ0n) is 17.8. The van der Waals surface area contributed by atoms with Crippen LogP contribution in [-0.2, 0) is 11.4 Å². The maximum absolute atomic E-state index is 12.1. The van der Waals surface area contributed by atoms with Crippen LogP contribution in [0.3, 0.4) is 0 Å². The summed E-state index contributed by atoms with van der Waals surface area (Å²) in [6.07, 6.45) is 0. The Hall–Kier alpha value is -2.92. The first-order chi connectivity index (χ1) is 14.4. The zero-order chi connectivity index (χ0) is 21.5. The van der Waals surface area contributed by atoms with Crippen LogP contribution in [0.4, 0.5) is 0 Å². The summed E-state index contributed by atoms with van der Waals surface area (Å²) < 4.78 is 5.62. The van der Waals surface area contributed by atoms with Crippen LogP contribution < -0.4 is 4.74 Å². The van der Waals surface area contributed by atoms with E-state index in [1.165, 1.54) is 16.9 Å². The molecule has 0 aliphatic rings. The summed E-state index contributed by atoms with van der Waals surface area (Å²) >= 11 is 1.49. The highest BCUT2D eigenvalue weighted by Gasteiger charge is 2.09. The molecule has 30 heavy (non-hydrogen) atoms. The van der Waals surface area contributed by atoms with Crippen LogP contribution in [0.15, 0.2) is 65.8 Å². The third kappa shape index (κ3) is 6.04. The summed E-state index contributed by atoms with van der Waals surface area (Å²) in [6.45, 7) is 8.71. The van der Waals surface area contributed by atoms with E-state index in [9.17, 15) is 4.79 Å². The Morgan fingerprint density at radius 1 is 1.00 bits per heavy atom. The van der Waals surface area contributed by atoms with Crippen molar-refractivity contribution < 1.29 is 14.4 Å². The molecule has 2 aromatic carbocycles. The van der Waals surface area contributed by atoms with Gasteiger partial charge in [0.25, 0.3) is 0 Å². The Kier molecular flexibility index (Phi) is 7.41. The predicted octanol–water partition coefficient (Wildman–Crippen LogP) is 6.38. The average molecular weight is 422 g/mol. The number of oxime groups is 1. The van der Waals surface area contributed by atoms with Gasteiger partial charge in [0.05, 0.1) is 10.6 Å². The fraction of sp³-hybridized carbons (Fsp3) is 0.280. The van der Waals surface area contributed by atoms with E-state index in [2.05, 4.69) is 43.3 Å². The van der Waals surface area contributed by atoms with Gasteiger partial charge in [-0.1, -0.05) is 43.3 Å². The summed E-state index contributed by atoms with van der Waals surface area (Å²) in [5.74, 6) is 1.16. The number of carbonyl (C=O) groups excluding carboxylic acids is 1. The van der Waals surface area contributed by atoms with Crippen LogP contribution in [0.5, 0.6) is 5.75 Å². The standard InChI is InChI=1S/C25H27NO3S/c1-17(2)21-8-6-20(7-9-21)15-29-26-19(4)22-10-12-23(13-11-22)28-16-24(27)25-14-5-18(3)30-25/h5-14,17H,15-16H2,1-4H3. The molecule has 0 saturated carbocycles. The number of hydrogen-bond donors (Lipinski definition) is 0. The molecular formula is C25H27NO3S. The Balaban J connectivity index is 1.50. The minimum Gasteiger partial charge on any atom is -0.485 e. The summed E-state index contributed by atoms with van der Waals surface area (Å²) in [6, 6.07) is 19.7. The largest absolute Gasteiger partial charge is 0.485 e. The molecule has 0 amide bonds. The first-order valence-corrected chi connectivity index (χ1v) is 10.8. The number of rotatable bonds is 9. The van der Waals surface area contributed by atoms with E-state index < -0.39 is 0 Å². The minimum atomic E-state index is -0.00949. The van der Waals surface area contributed by atoms with Crippen molar-refractivity contribution in [2.24, 2.45) is 5.16 Å². The Morgan fingerprint density at radius 3 is 2.30 bits per heavy atom. The molecule has 156 valence electrons. The summed E-state index contributed by atoms with van der Waals surface area (Å²) in [5, 5.41) is 4.22. The van der Waals surface area contributed by atoms with Crippen LogP contribution in [0.25, 0.3) is 0 Å². The van der Waals surface area contributed by atoms with Gasteiger partial charge in [0.1, 0.15) is 12.4 Å². The van der Waals surface area contributed by atoms with Gasteiger partial charge in [0.15, 0.2) is 6.61 Å². The smallest absolute Gasteiger partial charge is 0.210 e. The van der Waals surface area contributed by atoms with Crippen molar-refractivity contribution in [1.82, 2.24) is 0 Å². The third-order valence-corrected chi connectivity index (χ3v) is 5.78. The van der Waals surface area contributed by atoms with Crippen molar-refractivity contribution in [3.05, 3.63) is 87.1 Å². The lowest BCUT2D eigenvalue weighted by Gasteiger charge is -2.07. The molecular weight excluding hydrogens is 394 g/mol. The van der Waals surface area contributed by atoms with Gasteiger partial charge in [0, 0.05) is 4.88 Å². The highest BCUT2D eigenvalue weighted by Crippen LogP contribution is 2.18. The molecule has 1 aromatic heterocycles. The first-order valence-electron chi connectivity index (χ1n) is 10.0. The Labute approximate surface area is 182 Å². The second-order valence-electron chi connectivity index (χ2n) is 7.49. The maximum Gasteiger partial charge on any atom is 0.210 e. The van der Waals surface area contributed by atoms with Gasteiger partial charge in [-0.3, -0.25) is 4.79 Å².